The summed E-state index contributed by atoms with van der Waals surface area (Å²) in [4.78, 5) is 29.9. The van der Waals surface area contributed by atoms with Crippen molar-refractivity contribution in [1.82, 2.24) is 15.2 Å². The van der Waals surface area contributed by atoms with Crippen LogP contribution in [0.1, 0.15) is 16.9 Å². The fraction of sp³-hybridized carbons (Fsp3) is 0.267. The van der Waals surface area contributed by atoms with Crippen LogP contribution in [0.25, 0.3) is 10.9 Å². The fourth-order valence-electron chi connectivity index (χ4n) is 2.38. The average Bonchev–Trinajstić information content (AvgIpc) is 2.71. The number of amides is 2. The quantitative estimate of drug-likeness (QED) is 0.874. The van der Waals surface area contributed by atoms with Gasteiger partial charge in [-0.05, 0) is 18.6 Å². The van der Waals surface area contributed by atoms with Crippen molar-refractivity contribution in [3.8, 4) is 0 Å². The molecule has 0 atom stereocenters. The van der Waals surface area contributed by atoms with E-state index >= 15 is 0 Å². The Balaban J connectivity index is 1.95. The normalized spacial score (nSPS) is 15.7. The van der Waals surface area contributed by atoms with Crippen molar-refractivity contribution in [3.05, 3.63) is 41.0 Å². The van der Waals surface area contributed by atoms with E-state index in [4.69, 9.17) is 11.6 Å². The number of nitrogens with one attached hydrogen (secondary N) is 1. The van der Waals surface area contributed by atoms with Crippen molar-refractivity contribution in [2.75, 3.05) is 19.6 Å². The van der Waals surface area contributed by atoms with Gasteiger partial charge in [0.15, 0.2) is 0 Å². The first-order chi connectivity index (χ1) is 10.1. The van der Waals surface area contributed by atoms with E-state index in [-0.39, 0.29) is 24.1 Å². The van der Waals surface area contributed by atoms with Crippen molar-refractivity contribution in [2.45, 2.75) is 6.42 Å². The Labute approximate surface area is 126 Å². The molecule has 2 aromatic rings. The number of aromatic nitrogens is 1. The molecule has 2 heterocycles. The predicted octanol–water partition coefficient (Wildman–Crippen LogP) is 1.85. The van der Waals surface area contributed by atoms with Crippen LogP contribution in [0.4, 0.5) is 0 Å². The molecule has 3 rings (SSSR count). The number of nitrogens with zero attached hydrogens (tertiary/aromatic N) is 2. The molecule has 0 bridgehead atoms. The van der Waals surface area contributed by atoms with Gasteiger partial charge in [-0.1, -0.05) is 29.8 Å². The molecular formula is C15H14ClN3O2. The van der Waals surface area contributed by atoms with Crippen molar-refractivity contribution in [2.24, 2.45) is 0 Å². The highest BCUT2D eigenvalue weighted by Crippen LogP contribution is 2.23. The summed E-state index contributed by atoms with van der Waals surface area (Å²) in [6.45, 7) is 1.18. The summed E-state index contributed by atoms with van der Waals surface area (Å²) in [5.41, 5.74) is 0.945. The monoisotopic (exact) mass is 303 g/mol. The summed E-state index contributed by atoms with van der Waals surface area (Å²) in [7, 11) is 0. The van der Waals surface area contributed by atoms with Crippen LogP contribution < -0.4 is 5.32 Å². The molecule has 0 aliphatic carbocycles. The number of halogens is 1. The molecule has 108 valence electrons. The van der Waals surface area contributed by atoms with Gasteiger partial charge in [-0.15, -0.1) is 0 Å². The van der Waals surface area contributed by atoms with E-state index in [2.05, 4.69) is 10.3 Å². The molecule has 6 heteroatoms. The van der Waals surface area contributed by atoms with Crippen LogP contribution in [0.3, 0.4) is 0 Å². The van der Waals surface area contributed by atoms with Gasteiger partial charge in [-0.3, -0.25) is 9.59 Å². The summed E-state index contributed by atoms with van der Waals surface area (Å²) >= 11 is 6.22. The van der Waals surface area contributed by atoms with Gasteiger partial charge in [-0.2, -0.15) is 0 Å². The minimum atomic E-state index is -0.264. The van der Waals surface area contributed by atoms with Gasteiger partial charge in [0.1, 0.15) is 5.69 Å². The fourth-order valence-corrected chi connectivity index (χ4v) is 2.65. The number of hydrogen-bond donors (Lipinski definition) is 1. The second-order valence-corrected chi connectivity index (χ2v) is 5.34. The molecular weight excluding hydrogens is 290 g/mol. The molecule has 0 radical (unpaired) electrons. The summed E-state index contributed by atoms with van der Waals surface area (Å²) in [6, 6.07) is 8.95. The lowest BCUT2D eigenvalue weighted by Crippen LogP contribution is -2.37. The average molecular weight is 304 g/mol. The van der Waals surface area contributed by atoms with Gasteiger partial charge in [0.05, 0.1) is 17.1 Å². The Morgan fingerprint density at radius 3 is 3.00 bits per heavy atom. The molecule has 1 fully saturated rings. The Morgan fingerprint density at radius 2 is 2.14 bits per heavy atom. The minimum absolute atomic E-state index is 0.0605. The predicted molar refractivity (Wildman–Crippen MR) is 80.3 cm³/mol. The van der Waals surface area contributed by atoms with Crippen LogP contribution in [0, 0.1) is 0 Å². The third kappa shape index (κ3) is 2.83. The first-order valence-electron chi connectivity index (χ1n) is 6.76. The van der Waals surface area contributed by atoms with E-state index in [0.29, 0.717) is 23.6 Å². The van der Waals surface area contributed by atoms with Crippen molar-refractivity contribution >= 4 is 34.3 Å². The minimum Gasteiger partial charge on any atom is -0.354 e. The van der Waals surface area contributed by atoms with E-state index < -0.39 is 0 Å². The molecule has 1 aliphatic heterocycles. The topological polar surface area (TPSA) is 62.3 Å². The Morgan fingerprint density at radius 1 is 1.33 bits per heavy atom. The van der Waals surface area contributed by atoms with Gasteiger partial charge in [-0.25, -0.2) is 4.98 Å². The van der Waals surface area contributed by atoms with Gasteiger partial charge in [0.25, 0.3) is 5.91 Å². The number of rotatable bonds is 1. The second kappa shape index (κ2) is 5.69. The van der Waals surface area contributed by atoms with E-state index in [1.165, 1.54) is 4.90 Å². The molecule has 0 unspecified atom stereocenters. The van der Waals surface area contributed by atoms with E-state index in [9.17, 15) is 9.59 Å². The number of carbonyl (C=O) groups is 2. The summed E-state index contributed by atoms with van der Waals surface area (Å²) in [5.74, 6) is -0.410. The highest BCUT2D eigenvalue weighted by Gasteiger charge is 2.22. The highest BCUT2D eigenvalue weighted by atomic mass is 35.5. The van der Waals surface area contributed by atoms with Crippen LogP contribution in [-0.2, 0) is 4.79 Å². The third-order valence-electron chi connectivity index (χ3n) is 3.43. The standard InChI is InChI=1S/C15H14ClN3O2/c16-11-8-13(18-12-5-2-1-4-10(11)12)15(21)19-7-3-6-17-14(20)9-19/h1-2,4-5,8H,3,6-7,9H2,(H,17,20). The van der Waals surface area contributed by atoms with Gasteiger partial charge >= 0.3 is 0 Å². The van der Waals surface area contributed by atoms with Crippen LogP contribution in [-0.4, -0.2) is 41.3 Å². The largest absolute Gasteiger partial charge is 0.354 e. The van der Waals surface area contributed by atoms with Crippen LogP contribution in [0.15, 0.2) is 30.3 Å². The smallest absolute Gasteiger partial charge is 0.272 e. The SMILES string of the molecule is O=C1CN(C(=O)c2cc(Cl)c3ccccc3n2)CCCN1. The van der Waals surface area contributed by atoms with Gasteiger partial charge in [0, 0.05) is 18.5 Å². The summed E-state index contributed by atoms with van der Waals surface area (Å²) < 4.78 is 0. The first kappa shape index (κ1) is 13.8. The maximum Gasteiger partial charge on any atom is 0.272 e. The molecule has 0 spiro atoms. The number of benzene rings is 1. The molecule has 1 aliphatic rings. The first-order valence-corrected chi connectivity index (χ1v) is 7.14. The lowest BCUT2D eigenvalue weighted by molar-refractivity contribution is -0.121. The number of hydrogen-bond acceptors (Lipinski definition) is 3. The van der Waals surface area contributed by atoms with Crippen molar-refractivity contribution in [1.29, 1.82) is 0 Å². The summed E-state index contributed by atoms with van der Waals surface area (Å²) in [6.07, 6.45) is 0.735. The van der Waals surface area contributed by atoms with E-state index in [0.717, 1.165) is 11.8 Å². The molecule has 1 N–H and O–H groups in total. The lowest BCUT2D eigenvalue weighted by Gasteiger charge is -2.18. The molecule has 2 amide bonds. The van der Waals surface area contributed by atoms with Crippen molar-refractivity contribution < 1.29 is 9.59 Å². The highest BCUT2D eigenvalue weighted by molar-refractivity contribution is 6.35. The maximum absolute atomic E-state index is 12.5. The van der Waals surface area contributed by atoms with Gasteiger partial charge in [0.2, 0.25) is 5.91 Å². The van der Waals surface area contributed by atoms with Crippen LogP contribution in [0.5, 0.6) is 0 Å². The zero-order valence-electron chi connectivity index (χ0n) is 11.3. The Hall–Kier alpha value is -2.14. The number of carbonyl (C=O) groups excluding carboxylic acids is 2. The molecule has 1 aromatic heterocycles. The van der Waals surface area contributed by atoms with Crippen LogP contribution in [0.2, 0.25) is 5.02 Å². The summed E-state index contributed by atoms with van der Waals surface area (Å²) in [5, 5.41) is 4.04. The number of para-hydroxylation sites is 1. The Bertz CT molecular complexity index is 717. The molecule has 21 heavy (non-hydrogen) atoms. The molecule has 1 aromatic carbocycles. The zero-order chi connectivity index (χ0) is 14.8. The van der Waals surface area contributed by atoms with Gasteiger partial charge < -0.3 is 10.2 Å². The zero-order valence-corrected chi connectivity index (χ0v) is 12.1. The molecule has 1 saturated heterocycles. The third-order valence-corrected chi connectivity index (χ3v) is 3.75. The van der Waals surface area contributed by atoms with Crippen LogP contribution >= 0.6 is 11.6 Å². The van der Waals surface area contributed by atoms with E-state index in [1.54, 1.807) is 6.07 Å². The Kier molecular flexibility index (Phi) is 3.75. The number of fused-ring (bicyclic) bond motifs is 1. The van der Waals surface area contributed by atoms with Crippen molar-refractivity contribution in [3.63, 3.8) is 0 Å². The second-order valence-electron chi connectivity index (χ2n) is 4.94. The molecule has 0 saturated carbocycles. The maximum atomic E-state index is 12.5. The number of pyridine rings is 1. The molecule has 5 nitrogen and oxygen atoms in total. The lowest BCUT2D eigenvalue weighted by atomic mass is 10.2. The van der Waals surface area contributed by atoms with E-state index in [1.807, 2.05) is 24.3 Å².